The Kier molecular flexibility index (Phi) is 5.54. The van der Waals surface area contributed by atoms with Crippen molar-refractivity contribution in [3.05, 3.63) is 59.7 Å². The molecule has 6 nitrogen and oxygen atoms in total. The molecule has 3 rings (SSSR count). The summed E-state index contributed by atoms with van der Waals surface area (Å²) in [5, 5.41) is 0. The van der Waals surface area contributed by atoms with E-state index < -0.39 is 0 Å². The van der Waals surface area contributed by atoms with Crippen molar-refractivity contribution in [1.82, 2.24) is 19.8 Å². The largest absolute Gasteiger partial charge is 0.337 e. The molecule has 0 atom stereocenters. The van der Waals surface area contributed by atoms with Gasteiger partial charge < -0.3 is 9.80 Å². The fourth-order valence-corrected chi connectivity index (χ4v) is 3.19. The van der Waals surface area contributed by atoms with E-state index in [2.05, 4.69) is 30.7 Å². The number of rotatable bonds is 2. The molecule has 2 aromatic rings. The molecule has 142 valence electrons. The Labute approximate surface area is 160 Å². The van der Waals surface area contributed by atoms with Gasteiger partial charge in [-0.3, -0.25) is 14.6 Å². The number of carbonyl (C=O) groups excluding carboxylic acids is 2. The average Bonchev–Trinajstić information content (AvgIpc) is 2.93. The van der Waals surface area contributed by atoms with Crippen LogP contribution < -0.4 is 0 Å². The second-order valence-electron chi connectivity index (χ2n) is 7.86. The lowest BCUT2D eigenvalue weighted by atomic mass is 9.86. The van der Waals surface area contributed by atoms with Crippen LogP contribution in [0.5, 0.6) is 0 Å². The van der Waals surface area contributed by atoms with Gasteiger partial charge in [-0.05, 0) is 29.5 Å². The molecule has 0 bridgehead atoms. The minimum absolute atomic E-state index is 0.0178. The molecule has 1 saturated heterocycles. The number of carbonyl (C=O) groups is 2. The molecule has 0 radical (unpaired) electrons. The molecular weight excluding hydrogens is 340 g/mol. The van der Waals surface area contributed by atoms with Gasteiger partial charge in [0.05, 0.1) is 6.20 Å². The quantitative estimate of drug-likeness (QED) is 0.820. The summed E-state index contributed by atoms with van der Waals surface area (Å²) in [4.78, 5) is 37.0. The summed E-state index contributed by atoms with van der Waals surface area (Å²) >= 11 is 0. The molecule has 1 aliphatic heterocycles. The molecule has 1 aliphatic rings. The van der Waals surface area contributed by atoms with Crippen LogP contribution in [0.25, 0.3) is 0 Å². The van der Waals surface area contributed by atoms with Crippen LogP contribution in [0.3, 0.4) is 0 Å². The Bertz CT molecular complexity index is 797. The van der Waals surface area contributed by atoms with E-state index in [1.54, 1.807) is 11.1 Å². The van der Waals surface area contributed by atoms with Gasteiger partial charge in [-0.25, -0.2) is 4.98 Å². The summed E-state index contributed by atoms with van der Waals surface area (Å²) in [6.07, 6.45) is 5.29. The minimum Gasteiger partial charge on any atom is -0.337 e. The first-order chi connectivity index (χ1) is 12.9. The van der Waals surface area contributed by atoms with Crippen LogP contribution in [0.2, 0.25) is 0 Å². The third-order valence-electron chi connectivity index (χ3n) is 4.85. The summed E-state index contributed by atoms with van der Waals surface area (Å²) in [5.41, 5.74) is 2.30. The van der Waals surface area contributed by atoms with Crippen molar-refractivity contribution in [3.8, 4) is 0 Å². The molecule has 1 fully saturated rings. The normalized spacial score (nSPS) is 15.4. The van der Waals surface area contributed by atoms with Crippen molar-refractivity contribution >= 4 is 11.8 Å². The second kappa shape index (κ2) is 7.86. The van der Waals surface area contributed by atoms with E-state index in [-0.39, 0.29) is 17.2 Å². The van der Waals surface area contributed by atoms with Crippen molar-refractivity contribution in [2.45, 2.75) is 32.6 Å². The van der Waals surface area contributed by atoms with Crippen LogP contribution in [0.15, 0.2) is 42.9 Å². The van der Waals surface area contributed by atoms with Gasteiger partial charge in [-0.15, -0.1) is 0 Å². The van der Waals surface area contributed by atoms with Gasteiger partial charge in [0.1, 0.15) is 5.69 Å². The highest BCUT2D eigenvalue weighted by molar-refractivity contribution is 5.94. The third-order valence-corrected chi connectivity index (χ3v) is 4.85. The van der Waals surface area contributed by atoms with Gasteiger partial charge in [0, 0.05) is 44.1 Å². The number of aromatic nitrogens is 2. The molecule has 0 aliphatic carbocycles. The Balaban J connectivity index is 1.65. The van der Waals surface area contributed by atoms with Gasteiger partial charge in [-0.2, -0.15) is 0 Å². The second-order valence-corrected chi connectivity index (χ2v) is 7.86. The predicted octanol–water partition coefficient (Wildman–Crippen LogP) is 2.76. The topological polar surface area (TPSA) is 66.4 Å². The molecule has 0 N–H and O–H groups in total. The summed E-state index contributed by atoms with van der Waals surface area (Å²) < 4.78 is 0. The fraction of sp³-hybridized carbons (Fsp3) is 0.429. The van der Waals surface area contributed by atoms with E-state index in [0.717, 1.165) is 6.42 Å². The number of benzene rings is 1. The lowest BCUT2D eigenvalue weighted by Crippen LogP contribution is -2.37. The van der Waals surface area contributed by atoms with E-state index in [4.69, 9.17) is 0 Å². The first-order valence-electron chi connectivity index (χ1n) is 9.31. The standard InChI is InChI=1S/C21H26N4O2/c1-21(2,3)17-7-5-16(6-8-17)19(26)24-11-4-12-25(14-13-24)20(27)18-15-22-9-10-23-18/h5-10,15H,4,11-14H2,1-3H3. The van der Waals surface area contributed by atoms with Crippen LogP contribution in [-0.2, 0) is 5.41 Å². The average molecular weight is 366 g/mol. The van der Waals surface area contributed by atoms with Crippen LogP contribution in [0.1, 0.15) is 53.6 Å². The van der Waals surface area contributed by atoms with Crippen LogP contribution in [-0.4, -0.2) is 57.8 Å². The molecule has 2 heterocycles. The number of amides is 2. The summed E-state index contributed by atoms with van der Waals surface area (Å²) in [6, 6.07) is 7.84. The maximum atomic E-state index is 12.9. The van der Waals surface area contributed by atoms with Gasteiger partial charge in [0.15, 0.2) is 0 Å². The maximum Gasteiger partial charge on any atom is 0.274 e. The Hall–Kier alpha value is -2.76. The zero-order valence-corrected chi connectivity index (χ0v) is 16.2. The molecule has 0 spiro atoms. The van der Waals surface area contributed by atoms with Gasteiger partial charge in [0.2, 0.25) is 0 Å². The van der Waals surface area contributed by atoms with E-state index in [0.29, 0.717) is 37.4 Å². The SMILES string of the molecule is CC(C)(C)c1ccc(C(=O)N2CCCN(C(=O)c3cnccn3)CC2)cc1. The number of hydrogen-bond acceptors (Lipinski definition) is 4. The molecule has 0 unspecified atom stereocenters. The number of hydrogen-bond donors (Lipinski definition) is 0. The number of nitrogens with zero attached hydrogens (tertiary/aromatic N) is 4. The Morgan fingerprint density at radius 2 is 1.52 bits per heavy atom. The summed E-state index contributed by atoms with van der Waals surface area (Å²) in [7, 11) is 0. The van der Waals surface area contributed by atoms with Crippen molar-refractivity contribution in [2.24, 2.45) is 0 Å². The highest BCUT2D eigenvalue weighted by Gasteiger charge is 2.24. The lowest BCUT2D eigenvalue weighted by Gasteiger charge is -2.23. The Morgan fingerprint density at radius 3 is 2.07 bits per heavy atom. The first-order valence-corrected chi connectivity index (χ1v) is 9.31. The summed E-state index contributed by atoms with van der Waals surface area (Å²) in [6.45, 7) is 8.74. The zero-order chi connectivity index (χ0) is 19.4. The maximum absolute atomic E-state index is 12.9. The molecule has 0 saturated carbocycles. The lowest BCUT2D eigenvalue weighted by molar-refractivity contribution is 0.0715. The smallest absolute Gasteiger partial charge is 0.274 e. The van der Waals surface area contributed by atoms with Crippen LogP contribution in [0, 0.1) is 0 Å². The predicted molar refractivity (Wildman–Crippen MR) is 104 cm³/mol. The molecule has 27 heavy (non-hydrogen) atoms. The van der Waals surface area contributed by atoms with Gasteiger partial charge in [0.25, 0.3) is 11.8 Å². The molecular formula is C21H26N4O2. The van der Waals surface area contributed by atoms with Crippen molar-refractivity contribution in [2.75, 3.05) is 26.2 Å². The zero-order valence-electron chi connectivity index (χ0n) is 16.2. The highest BCUT2D eigenvalue weighted by atomic mass is 16.2. The van der Waals surface area contributed by atoms with E-state index in [1.165, 1.54) is 18.0 Å². The Morgan fingerprint density at radius 1 is 0.889 bits per heavy atom. The molecule has 1 aromatic heterocycles. The molecule has 1 aromatic carbocycles. The van der Waals surface area contributed by atoms with E-state index in [1.807, 2.05) is 29.2 Å². The van der Waals surface area contributed by atoms with Crippen LogP contribution >= 0.6 is 0 Å². The van der Waals surface area contributed by atoms with Gasteiger partial charge >= 0.3 is 0 Å². The first kappa shape index (κ1) is 19.0. The minimum atomic E-state index is -0.132. The van der Waals surface area contributed by atoms with Crippen molar-refractivity contribution in [1.29, 1.82) is 0 Å². The van der Waals surface area contributed by atoms with Gasteiger partial charge in [-0.1, -0.05) is 32.9 Å². The highest BCUT2D eigenvalue weighted by Crippen LogP contribution is 2.22. The third kappa shape index (κ3) is 4.51. The van der Waals surface area contributed by atoms with Crippen molar-refractivity contribution < 1.29 is 9.59 Å². The van der Waals surface area contributed by atoms with E-state index >= 15 is 0 Å². The monoisotopic (exact) mass is 366 g/mol. The fourth-order valence-electron chi connectivity index (χ4n) is 3.19. The van der Waals surface area contributed by atoms with Crippen LogP contribution in [0.4, 0.5) is 0 Å². The summed E-state index contributed by atoms with van der Waals surface area (Å²) in [5.74, 6) is -0.115. The molecule has 6 heteroatoms. The van der Waals surface area contributed by atoms with Crippen molar-refractivity contribution in [3.63, 3.8) is 0 Å². The molecule has 2 amide bonds. The van der Waals surface area contributed by atoms with E-state index in [9.17, 15) is 9.59 Å².